The van der Waals surface area contributed by atoms with Crippen LogP contribution in [0.3, 0.4) is 0 Å². The van der Waals surface area contributed by atoms with E-state index in [9.17, 15) is 5.11 Å². The van der Waals surface area contributed by atoms with Gasteiger partial charge in [-0.05, 0) is 25.0 Å². The van der Waals surface area contributed by atoms with Gasteiger partial charge in [-0.2, -0.15) is 0 Å². The molecule has 86 valence electrons. The van der Waals surface area contributed by atoms with Crippen LogP contribution in [-0.4, -0.2) is 29.0 Å². The monoisotopic (exact) mass is 218 g/mol. The Morgan fingerprint density at radius 3 is 2.56 bits per heavy atom. The van der Waals surface area contributed by atoms with Gasteiger partial charge in [0.25, 0.3) is 0 Å². The molecule has 0 amide bonds. The summed E-state index contributed by atoms with van der Waals surface area (Å²) >= 11 is 0. The number of phenols is 1. The van der Waals surface area contributed by atoms with E-state index in [-0.39, 0.29) is 0 Å². The van der Waals surface area contributed by atoms with Gasteiger partial charge in [0, 0.05) is 12.8 Å². The third-order valence-corrected chi connectivity index (χ3v) is 3.43. The maximum absolute atomic E-state index is 9.70. The Morgan fingerprint density at radius 1 is 1.19 bits per heavy atom. The van der Waals surface area contributed by atoms with Gasteiger partial charge in [0.1, 0.15) is 12.8 Å². The van der Waals surface area contributed by atoms with Crippen molar-refractivity contribution in [2.75, 3.05) is 7.05 Å². The van der Waals surface area contributed by atoms with Gasteiger partial charge in [-0.25, -0.2) is 4.58 Å². The fourth-order valence-electron chi connectivity index (χ4n) is 2.41. The van der Waals surface area contributed by atoms with Crippen LogP contribution < -0.4 is 0 Å². The van der Waals surface area contributed by atoms with Crippen molar-refractivity contribution in [3.63, 3.8) is 0 Å². The quantitative estimate of drug-likeness (QED) is 0.599. The van der Waals surface area contributed by atoms with E-state index in [0.717, 1.165) is 5.56 Å². The maximum Gasteiger partial charge on any atom is 0.174 e. The van der Waals surface area contributed by atoms with Crippen LogP contribution in [0.5, 0.6) is 5.75 Å². The molecule has 1 saturated carbocycles. The first-order valence-corrected chi connectivity index (χ1v) is 6.12. The molecule has 1 aromatic carbocycles. The molecule has 1 aliphatic carbocycles. The second-order valence-corrected chi connectivity index (χ2v) is 4.65. The molecule has 1 fully saturated rings. The predicted molar refractivity (Wildman–Crippen MR) is 66.3 cm³/mol. The number of benzene rings is 1. The maximum atomic E-state index is 9.70. The number of para-hydroxylation sites is 1. The first-order valence-electron chi connectivity index (χ1n) is 6.12. The van der Waals surface area contributed by atoms with Crippen molar-refractivity contribution in [1.82, 2.24) is 0 Å². The largest absolute Gasteiger partial charge is 0.507 e. The van der Waals surface area contributed by atoms with Gasteiger partial charge in [0.15, 0.2) is 12.3 Å². The van der Waals surface area contributed by atoms with Crippen LogP contribution in [0.2, 0.25) is 0 Å². The van der Waals surface area contributed by atoms with Crippen LogP contribution in [0.15, 0.2) is 24.3 Å². The van der Waals surface area contributed by atoms with Crippen molar-refractivity contribution in [3.05, 3.63) is 29.8 Å². The van der Waals surface area contributed by atoms with E-state index < -0.39 is 0 Å². The van der Waals surface area contributed by atoms with Crippen molar-refractivity contribution in [3.8, 4) is 5.75 Å². The van der Waals surface area contributed by atoms with Crippen molar-refractivity contribution < 1.29 is 9.68 Å². The summed E-state index contributed by atoms with van der Waals surface area (Å²) in [6, 6.07) is 8.15. The molecule has 0 radical (unpaired) electrons. The highest BCUT2D eigenvalue weighted by atomic mass is 16.3. The minimum atomic E-state index is 0.366. The highest BCUT2D eigenvalue weighted by Gasteiger charge is 2.20. The summed E-state index contributed by atoms with van der Waals surface area (Å²) < 4.78 is 2.26. The van der Waals surface area contributed by atoms with Crippen molar-refractivity contribution in [2.45, 2.75) is 38.1 Å². The summed E-state index contributed by atoms with van der Waals surface area (Å²) in [6.45, 7) is 0. The van der Waals surface area contributed by atoms with Crippen LogP contribution in [0, 0.1) is 0 Å². The third kappa shape index (κ3) is 2.63. The van der Waals surface area contributed by atoms with E-state index in [1.807, 2.05) is 18.2 Å². The molecule has 0 spiro atoms. The Labute approximate surface area is 97.2 Å². The topological polar surface area (TPSA) is 23.2 Å². The lowest BCUT2D eigenvalue weighted by Gasteiger charge is -2.17. The van der Waals surface area contributed by atoms with E-state index in [2.05, 4.69) is 17.8 Å². The Morgan fingerprint density at radius 2 is 1.88 bits per heavy atom. The molecule has 0 bridgehead atoms. The molecule has 1 aliphatic rings. The zero-order valence-corrected chi connectivity index (χ0v) is 9.89. The lowest BCUT2D eigenvalue weighted by molar-refractivity contribution is -0.537. The number of hydrogen-bond donors (Lipinski definition) is 1. The smallest absolute Gasteiger partial charge is 0.174 e. The SMILES string of the molecule is C/[N+](=C\c1ccccc1O)C1CCCCC1. The van der Waals surface area contributed by atoms with Gasteiger partial charge in [0.2, 0.25) is 0 Å². The number of nitrogens with zero attached hydrogens (tertiary/aromatic N) is 1. The molecule has 1 N–H and O–H groups in total. The molecule has 0 unspecified atom stereocenters. The van der Waals surface area contributed by atoms with Crippen LogP contribution in [0.4, 0.5) is 0 Å². The summed E-state index contributed by atoms with van der Waals surface area (Å²) in [5.41, 5.74) is 0.913. The molecular weight excluding hydrogens is 198 g/mol. The summed E-state index contributed by atoms with van der Waals surface area (Å²) in [4.78, 5) is 0. The summed E-state index contributed by atoms with van der Waals surface area (Å²) in [7, 11) is 2.11. The van der Waals surface area contributed by atoms with Gasteiger partial charge in [-0.15, -0.1) is 0 Å². The molecule has 16 heavy (non-hydrogen) atoms. The molecular formula is C14H20NO+. The zero-order chi connectivity index (χ0) is 11.4. The van der Waals surface area contributed by atoms with E-state index in [4.69, 9.17) is 0 Å². The Kier molecular flexibility index (Phi) is 3.60. The predicted octanol–water partition coefficient (Wildman–Crippen LogP) is 2.79. The number of hydrogen-bond acceptors (Lipinski definition) is 1. The Hall–Kier alpha value is -1.31. The second-order valence-electron chi connectivity index (χ2n) is 4.65. The third-order valence-electron chi connectivity index (χ3n) is 3.43. The molecule has 0 heterocycles. The van der Waals surface area contributed by atoms with Gasteiger partial charge in [-0.3, -0.25) is 0 Å². The van der Waals surface area contributed by atoms with Crippen LogP contribution in [0.1, 0.15) is 37.7 Å². The lowest BCUT2D eigenvalue weighted by Crippen LogP contribution is -2.26. The fraction of sp³-hybridized carbons (Fsp3) is 0.500. The van der Waals surface area contributed by atoms with Crippen molar-refractivity contribution in [2.24, 2.45) is 0 Å². The van der Waals surface area contributed by atoms with Gasteiger partial charge in [0.05, 0.1) is 5.56 Å². The molecule has 2 rings (SSSR count). The number of rotatable bonds is 2. The minimum absolute atomic E-state index is 0.366. The fourth-order valence-corrected chi connectivity index (χ4v) is 2.41. The number of aromatic hydroxyl groups is 1. The Balaban J connectivity index is 2.13. The normalized spacial score (nSPS) is 18.7. The molecule has 0 aromatic heterocycles. The number of phenolic OH excluding ortho intramolecular Hbond substituents is 1. The Bertz CT molecular complexity index is 378. The highest BCUT2D eigenvalue weighted by molar-refractivity contribution is 5.79. The summed E-state index contributed by atoms with van der Waals surface area (Å²) in [6.07, 6.45) is 8.67. The van der Waals surface area contributed by atoms with Crippen molar-refractivity contribution >= 4 is 6.21 Å². The van der Waals surface area contributed by atoms with E-state index in [0.29, 0.717) is 11.8 Å². The second kappa shape index (κ2) is 5.15. The molecule has 0 aliphatic heterocycles. The van der Waals surface area contributed by atoms with Crippen LogP contribution >= 0.6 is 0 Å². The zero-order valence-electron chi connectivity index (χ0n) is 9.89. The van der Waals surface area contributed by atoms with E-state index in [1.165, 1.54) is 32.1 Å². The van der Waals surface area contributed by atoms with E-state index >= 15 is 0 Å². The molecule has 2 heteroatoms. The van der Waals surface area contributed by atoms with Gasteiger partial charge in [-0.1, -0.05) is 18.6 Å². The average molecular weight is 218 g/mol. The molecule has 2 nitrogen and oxygen atoms in total. The summed E-state index contributed by atoms with van der Waals surface area (Å²) in [5, 5.41) is 9.70. The molecule has 0 saturated heterocycles. The standard InChI is InChI=1S/C14H19NO/c1-15(13-8-3-2-4-9-13)11-12-7-5-6-10-14(12)16/h5-7,10-11,13H,2-4,8-9H2,1H3/p+1. The average Bonchev–Trinajstić information content (AvgIpc) is 2.33. The first-order chi connectivity index (χ1) is 7.77. The van der Waals surface area contributed by atoms with Crippen LogP contribution in [0.25, 0.3) is 0 Å². The first kappa shape index (κ1) is 11.2. The van der Waals surface area contributed by atoms with Crippen LogP contribution in [-0.2, 0) is 0 Å². The highest BCUT2D eigenvalue weighted by Crippen LogP contribution is 2.20. The van der Waals surface area contributed by atoms with Gasteiger partial charge >= 0.3 is 0 Å². The minimum Gasteiger partial charge on any atom is -0.507 e. The van der Waals surface area contributed by atoms with Gasteiger partial charge < -0.3 is 5.11 Å². The van der Waals surface area contributed by atoms with E-state index in [1.54, 1.807) is 6.07 Å². The lowest BCUT2D eigenvalue weighted by atomic mass is 9.95. The summed E-state index contributed by atoms with van der Waals surface area (Å²) in [5.74, 6) is 0.366. The van der Waals surface area contributed by atoms with Crippen molar-refractivity contribution in [1.29, 1.82) is 0 Å². The molecule has 1 aromatic rings. The molecule has 0 atom stereocenters.